The van der Waals surface area contributed by atoms with E-state index in [1.807, 2.05) is 4.90 Å². The molecule has 0 spiro atoms. The lowest BCUT2D eigenvalue weighted by molar-refractivity contribution is -0.137. The normalized spacial score (nSPS) is 16.9. The smallest absolute Gasteiger partial charge is 0.416 e. The Kier molecular flexibility index (Phi) is 6.53. The highest BCUT2D eigenvalue weighted by molar-refractivity contribution is 7.90. The Hall–Kier alpha value is -2.37. The van der Waals surface area contributed by atoms with Crippen molar-refractivity contribution in [3.05, 3.63) is 53.3 Å². The fraction of sp³-hybridized carbons (Fsp3) is 0.421. The molecular weight excluding hydrogens is 425 g/mol. The fourth-order valence-corrected chi connectivity index (χ4v) is 3.72. The van der Waals surface area contributed by atoms with Gasteiger partial charge >= 0.3 is 6.18 Å². The number of furan rings is 1. The van der Waals surface area contributed by atoms with Crippen molar-refractivity contribution in [2.75, 3.05) is 39.1 Å². The SMILES string of the molecule is CS(=O)(=O)c1ccc(C(=O)NCC(c2ccc(C(F)(F)F)cc2)N2CCOCC2)o1. The molecule has 1 aliphatic rings. The summed E-state index contributed by atoms with van der Waals surface area (Å²) < 4.78 is 72.0. The molecule has 1 saturated heterocycles. The predicted octanol–water partition coefficient (Wildman–Crippen LogP) is 2.51. The standard InChI is InChI=1S/C19H21F3N2O5S/c1-30(26,27)17-7-6-16(29-17)18(25)23-12-15(24-8-10-28-11-9-24)13-2-4-14(5-3-13)19(20,21)22/h2-7,15H,8-12H2,1H3,(H,23,25). The van der Waals surface area contributed by atoms with Gasteiger partial charge in [0.15, 0.2) is 5.76 Å². The van der Waals surface area contributed by atoms with Gasteiger partial charge in [-0.1, -0.05) is 12.1 Å². The number of hydrogen-bond acceptors (Lipinski definition) is 6. The number of nitrogens with one attached hydrogen (secondary N) is 1. The molecule has 0 saturated carbocycles. The van der Waals surface area contributed by atoms with Gasteiger partial charge in [-0.25, -0.2) is 8.42 Å². The van der Waals surface area contributed by atoms with E-state index in [1.165, 1.54) is 24.3 Å². The van der Waals surface area contributed by atoms with Crippen molar-refractivity contribution < 1.29 is 35.5 Å². The lowest BCUT2D eigenvalue weighted by Crippen LogP contribution is -2.43. The van der Waals surface area contributed by atoms with E-state index in [1.54, 1.807) is 0 Å². The molecule has 1 amide bonds. The van der Waals surface area contributed by atoms with Crippen LogP contribution in [0.15, 0.2) is 45.9 Å². The summed E-state index contributed by atoms with van der Waals surface area (Å²) in [5.41, 5.74) is -0.138. The fourth-order valence-electron chi connectivity index (χ4n) is 3.16. The van der Waals surface area contributed by atoms with Crippen LogP contribution in [0.1, 0.15) is 27.7 Å². The first-order valence-corrected chi connectivity index (χ1v) is 11.0. The zero-order valence-electron chi connectivity index (χ0n) is 16.1. The molecule has 1 atom stereocenters. The molecule has 1 aliphatic heterocycles. The van der Waals surface area contributed by atoms with E-state index in [9.17, 15) is 26.4 Å². The van der Waals surface area contributed by atoms with Crippen molar-refractivity contribution in [3.63, 3.8) is 0 Å². The third kappa shape index (κ3) is 5.41. The van der Waals surface area contributed by atoms with E-state index < -0.39 is 27.5 Å². The third-order valence-electron chi connectivity index (χ3n) is 4.74. The Balaban J connectivity index is 1.76. The summed E-state index contributed by atoms with van der Waals surface area (Å²) in [4.78, 5) is 14.4. The van der Waals surface area contributed by atoms with Gasteiger partial charge in [0.25, 0.3) is 5.91 Å². The minimum Gasteiger partial charge on any atom is -0.440 e. The topological polar surface area (TPSA) is 88.9 Å². The van der Waals surface area contributed by atoms with Gasteiger partial charge in [-0.15, -0.1) is 0 Å². The number of nitrogens with zero attached hydrogens (tertiary/aromatic N) is 1. The summed E-state index contributed by atoms with van der Waals surface area (Å²) in [7, 11) is -3.58. The molecule has 11 heteroatoms. The number of carbonyl (C=O) groups excluding carboxylic acids is 1. The van der Waals surface area contributed by atoms with Crippen molar-refractivity contribution in [1.82, 2.24) is 10.2 Å². The third-order valence-corrected chi connectivity index (χ3v) is 5.69. The monoisotopic (exact) mass is 446 g/mol. The van der Waals surface area contributed by atoms with Crippen LogP contribution in [0, 0.1) is 0 Å². The number of amides is 1. The lowest BCUT2D eigenvalue weighted by atomic mass is 10.0. The molecule has 1 unspecified atom stereocenters. The Morgan fingerprint density at radius 1 is 1.13 bits per heavy atom. The summed E-state index contributed by atoms with van der Waals surface area (Å²) in [6, 6.07) is 6.87. The van der Waals surface area contributed by atoms with E-state index in [0.717, 1.165) is 18.4 Å². The van der Waals surface area contributed by atoms with Gasteiger partial charge in [0.05, 0.1) is 24.8 Å². The minimum absolute atomic E-state index is 0.0963. The Labute approximate surface area is 171 Å². The van der Waals surface area contributed by atoms with Gasteiger partial charge in [-0.3, -0.25) is 9.69 Å². The first kappa shape index (κ1) is 22.3. The lowest BCUT2D eigenvalue weighted by Gasteiger charge is -2.35. The second-order valence-electron chi connectivity index (χ2n) is 6.88. The average Bonchev–Trinajstić information content (AvgIpc) is 3.19. The maximum Gasteiger partial charge on any atom is 0.416 e. The molecule has 3 rings (SSSR count). The van der Waals surface area contributed by atoms with Gasteiger partial charge in [0, 0.05) is 25.9 Å². The van der Waals surface area contributed by atoms with Crippen LogP contribution in [0.25, 0.3) is 0 Å². The number of rotatable bonds is 6. The Morgan fingerprint density at radius 3 is 2.30 bits per heavy atom. The predicted molar refractivity (Wildman–Crippen MR) is 101 cm³/mol. The molecule has 1 aromatic carbocycles. The summed E-state index contributed by atoms with van der Waals surface area (Å²) >= 11 is 0. The van der Waals surface area contributed by atoms with Crippen LogP contribution >= 0.6 is 0 Å². The highest BCUT2D eigenvalue weighted by Crippen LogP contribution is 2.31. The van der Waals surface area contributed by atoms with Gasteiger partial charge in [-0.2, -0.15) is 13.2 Å². The van der Waals surface area contributed by atoms with E-state index in [2.05, 4.69) is 5.32 Å². The summed E-state index contributed by atoms with van der Waals surface area (Å²) in [5.74, 6) is -0.779. The largest absolute Gasteiger partial charge is 0.440 e. The number of halogens is 3. The molecule has 0 radical (unpaired) electrons. The molecular formula is C19H21F3N2O5S. The summed E-state index contributed by atoms with van der Waals surface area (Å²) in [6.07, 6.45) is -3.47. The number of alkyl halides is 3. The molecule has 2 aromatic rings. The molecule has 1 N–H and O–H groups in total. The van der Waals surface area contributed by atoms with Crippen molar-refractivity contribution in [3.8, 4) is 0 Å². The molecule has 0 bridgehead atoms. The molecule has 164 valence electrons. The van der Waals surface area contributed by atoms with E-state index >= 15 is 0 Å². The van der Waals surface area contributed by atoms with Crippen LogP contribution in [-0.4, -0.2) is 58.3 Å². The maximum atomic E-state index is 12.9. The van der Waals surface area contributed by atoms with Crippen molar-refractivity contribution in [2.24, 2.45) is 0 Å². The summed E-state index contributed by atoms with van der Waals surface area (Å²) in [6.45, 7) is 2.15. The number of ether oxygens (including phenoxy) is 1. The van der Waals surface area contributed by atoms with E-state index in [0.29, 0.717) is 31.9 Å². The zero-order chi connectivity index (χ0) is 21.9. The Morgan fingerprint density at radius 2 is 1.77 bits per heavy atom. The highest BCUT2D eigenvalue weighted by atomic mass is 32.2. The zero-order valence-corrected chi connectivity index (χ0v) is 16.9. The molecule has 30 heavy (non-hydrogen) atoms. The second kappa shape index (κ2) is 8.78. The average molecular weight is 446 g/mol. The van der Waals surface area contributed by atoms with Gasteiger partial charge in [0.1, 0.15) is 0 Å². The van der Waals surface area contributed by atoms with Crippen molar-refractivity contribution in [1.29, 1.82) is 0 Å². The van der Waals surface area contributed by atoms with Gasteiger partial charge in [0.2, 0.25) is 14.9 Å². The number of hydrogen-bond donors (Lipinski definition) is 1. The van der Waals surface area contributed by atoms with Crippen molar-refractivity contribution in [2.45, 2.75) is 17.3 Å². The van der Waals surface area contributed by atoms with Crippen molar-refractivity contribution >= 4 is 15.7 Å². The molecule has 1 aromatic heterocycles. The van der Waals surface area contributed by atoms with Gasteiger partial charge < -0.3 is 14.5 Å². The van der Waals surface area contributed by atoms with Crippen LogP contribution in [0.4, 0.5) is 13.2 Å². The highest BCUT2D eigenvalue weighted by Gasteiger charge is 2.31. The van der Waals surface area contributed by atoms with Crippen LogP contribution in [-0.2, 0) is 20.8 Å². The van der Waals surface area contributed by atoms with Gasteiger partial charge in [-0.05, 0) is 29.8 Å². The summed E-state index contributed by atoms with van der Waals surface area (Å²) in [5, 5.41) is 2.35. The van der Waals surface area contributed by atoms with Crippen LogP contribution in [0.3, 0.4) is 0 Å². The maximum absolute atomic E-state index is 12.9. The number of morpholine rings is 1. The molecule has 7 nitrogen and oxygen atoms in total. The molecule has 2 heterocycles. The van der Waals surface area contributed by atoms with E-state index in [4.69, 9.17) is 9.15 Å². The van der Waals surface area contributed by atoms with Crippen LogP contribution < -0.4 is 5.32 Å². The molecule has 0 aliphatic carbocycles. The first-order valence-electron chi connectivity index (χ1n) is 9.13. The quantitative estimate of drug-likeness (QED) is 0.734. The number of sulfone groups is 1. The van der Waals surface area contributed by atoms with Crippen LogP contribution in [0.2, 0.25) is 0 Å². The van der Waals surface area contributed by atoms with E-state index in [-0.39, 0.29) is 23.4 Å². The van der Waals surface area contributed by atoms with Crippen LogP contribution in [0.5, 0.6) is 0 Å². The molecule has 1 fully saturated rings. The minimum atomic E-state index is -4.43. The number of carbonyl (C=O) groups is 1. The number of benzene rings is 1. The second-order valence-corrected chi connectivity index (χ2v) is 8.83. The first-order chi connectivity index (χ1) is 14.1. The Bertz CT molecular complexity index is 980.